The van der Waals surface area contributed by atoms with Crippen LogP contribution in [0.2, 0.25) is 0 Å². The number of aliphatic carboxylic acids is 1. The van der Waals surface area contributed by atoms with E-state index in [1.807, 2.05) is 0 Å². The number of carboxylic acids is 1. The minimum Gasteiger partial charge on any atom is -0.549 e. The molecule has 0 spiro atoms. The summed E-state index contributed by atoms with van der Waals surface area (Å²) in [6, 6.07) is 9.12. The van der Waals surface area contributed by atoms with Gasteiger partial charge in [-0.25, -0.2) is 5.10 Å². The van der Waals surface area contributed by atoms with Crippen LogP contribution in [-0.4, -0.2) is 23.3 Å². The molecule has 6 heteroatoms. The molecule has 0 unspecified atom stereocenters. The molecular weight excluding hydrogens is 248 g/mol. The van der Waals surface area contributed by atoms with Crippen molar-refractivity contribution in [3.63, 3.8) is 0 Å². The first-order chi connectivity index (χ1) is 9.11. The van der Waals surface area contributed by atoms with Gasteiger partial charge in [-0.3, -0.25) is 4.79 Å². The van der Waals surface area contributed by atoms with E-state index in [-0.39, 0.29) is 5.69 Å². The molecule has 2 aromatic rings. The van der Waals surface area contributed by atoms with E-state index in [0.29, 0.717) is 11.3 Å². The van der Waals surface area contributed by atoms with E-state index < -0.39 is 17.4 Å². The van der Waals surface area contributed by atoms with Gasteiger partial charge in [0.25, 0.3) is 5.56 Å². The molecule has 1 N–H and O–H groups in total. The van der Waals surface area contributed by atoms with Crippen molar-refractivity contribution in [1.82, 2.24) is 10.2 Å². The number of methoxy groups -OCH3 is 1. The maximum absolute atomic E-state index is 11.3. The number of H-pyrrole nitrogens is 1. The van der Waals surface area contributed by atoms with Crippen molar-refractivity contribution >= 4 is 5.97 Å². The standard InChI is InChI=1S/C13H12N2O4/c1-19-9-4-2-8(3-5-9)12(13(17)18)10-6-7-11(16)15-14-10/h2-7,12H,1H3,(H,15,16)(H,17,18)/p-1/t12-/m1/s1. The fourth-order valence-electron chi connectivity index (χ4n) is 1.74. The second kappa shape index (κ2) is 5.34. The highest BCUT2D eigenvalue weighted by molar-refractivity contribution is 5.77. The Labute approximate surface area is 108 Å². The summed E-state index contributed by atoms with van der Waals surface area (Å²) in [6.07, 6.45) is 0. The summed E-state index contributed by atoms with van der Waals surface area (Å²) >= 11 is 0. The third-order valence-corrected chi connectivity index (χ3v) is 2.68. The van der Waals surface area contributed by atoms with Gasteiger partial charge < -0.3 is 14.6 Å². The molecule has 0 aliphatic carbocycles. The van der Waals surface area contributed by atoms with E-state index in [1.54, 1.807) is 24.3 Å². The largest absolute Gasteiger partial charge is 0.549 e. The van der Waals surface area contributed by atoms with Crippen molar-refractivity contribution in [1.29, 1.82) is 0 Å². The van der Waals surface area contributed by atoms with Gasteiger partial charge in [0.15, 0.2) is 0 Å². The van der Waals surface area contributed by atoms with Crippen LogP contribution in [0, 0.1) is 0 Å². The molecule has 0 aliphatic heterocycles. The van der Waals surface area contributed by atoms with E-state index >= 15 is 0 Å². The summed E-state index contributed by atoms with van der Waals surface area (Å²) in [5, 5.41) is 17.2. The minimum absolute atomic E-state index is 0.213. The third-order valence-electron chi connectivity index (χ3n) is 2.68. The fraction of sp³-hybridized carbons (Fsp3) is 0.154. The highest BCUT2D eigenvalue weighted by Crippen LogP contribution is 2.23. The predicted molar refractivity (Wildman–Crippen MR) is 64.7 cm³/mol. The predicted octanol–water partition coefficient (Wildman–Crippen LogP) is -0.340. The Morgan fingerprint density at radius 3 is 2.42 bits per heavy atom. The van der Waals surface area contributed by atoms with Crippen molar-refractivity contribution in [2.75, 3.05) is 7.11 Å². The number of nitrogens with zero attached hydrogens (tertiary/aromatic N) is 1. The Balaban J connectivity index is 2.42. The van der Waals surface area contributed by atoms with Gasteiger partial charge in [-0.05, 0) is 23.8 Å². The van der Waals surface area contributed by atoms with Crippen LogP contribution in [-0.2, 0) is 4.79 Å². The number of carbonyl (C=O) groups excluding carboxylic acids is 1. The zero-order valence-corrected chi connectivity index (χ0v) is 10.1. The lowest BCUT2D eigenvalue weighted by molar-refractivity contribution is -0.306. The van der Waals surface area contributed by atoms with E-state index in [0.717, 1.165) is 0 Å². The first-order valence-corrected chi connectivity index (χ1v) is 5.52. The van der Waals surface area contributed by atoms with Crippen LogP contribution in [0.15, 0.2) is 41.2 Å². The molecule has 98 valence electrons. The number of aromatic amines is 1. The van der Waals surface area contributed by atoms with E-state index in [2.05, 4.69) is 10.2 Å². The van der Waals surface area contributed by atoms with Crippen molar-refractivity contribution in [3.05, 3.63) is 58.0 Å². The molecule has 2 rings (SSSR count). The maximum atomic E-state index is 11.3. The average molecular weight is 259 g/mol. The smallest absolute Gasteiger partial charge is 0.264 e. The maximum Gasteiger partial charge on any atom is 0.264 e. The van der Waals surface area contributed by atoms with Gasteiger partial charge in [-0.1, -0.05) is 12.1 Å². The normalized spacial score (nSPS) is 11.8. The average Bonchev–Trinajstić information content (AvgIpc) is 2.42. The number of nitrogens with one attached hydrogen (secondary N) is 1. The minimum atomic E-state index is -1.29. The molecule has 1 aromatic carbocycles. The summed E-state index contributed by atoms with van der Waals surface area (Å²) in [6.45, 7) is 0. The topological polar surface area (TPSA) is 95.1 Å². The highest BCUT2D eigenvalue weighted by atomic mass is 16.5. The van der Waals surface area contributed by atoms with Crippen LogP contribution in [0.5, 0.6) is 5.75 Å². The Morgan fingerprint density at radius 1 is 1.26 bits per heavy atom. The van der Waals surface area contributed by atoms with Gasteiger partial charge in [-0.15, -0.1) is 0 Å². The quantitative estimate of drug-likeness (QED) is 0.810. The van der Waals surface area contributed by atoms with Crippen LogP contribution < -0.4 is 15.4 Å². The van der Waals surface area contributed by atoms with E-state index in [1.165, 1.54) is 19.2 Å². The molecule has 1 atom stereocenters. The van der Waals surface area contributed by atoms with Gasteiger partial charge in [0, 0.05) is 6.07 Å². The lowest BCUT2D eigenvalue weighted by atomic mass is 9.95. The van der Waals surface area contributed by atoms with Crippen molar-refractivity contribution in [3.8, 4) is 5.75 Å². The van der Waals surface area contributed by atoms with Gasteiger partial charge in [0.05, 0.1) is 24.7 Å². The second-order valence-corrected chi connectivity index (χ2v) is 3.87. The number of rotatable bonds is 4. The molecule has 6 nitrogen and oxygen atoms in total. The Bertz CT molecular complexity index is 613. The van der Waals surface area contributed by atoms with E-state index in [4.69, 9.17) is 4.74 Å². The van der Waals surface area contributed by atoms with Gasteiger partial charge in [-0.2, -0.15) is 5.10 Å². The number of ether oxygens (including phenoxy) is 1. The van der Waals surface area contributed by atoms with Crippen LogP contribution in [0.25, 0.3) is 0 Å². The lowest BCUT2D eigenvalue weighted by Crippen LogP contribution is -2.31. The summed E-state index contributed by atoms with van der Waals surface area (Å²) in [7, 11) is 1.52. The number of hydrogen-bond acceptors (Lipinski definition) is 5. The summed E-state index contributed by atoms with van der Waals surface area (Å²) in [5.74, 6) is -1.71. The van der Waals surface area contributed by atoms with Crippen LogP contribution in [0.1, 0.15) is 17.2 Å². The number of carboxylic acid groups (broad SMARTS) is 1. The number of hydrogen-bond donors (Lipinski definition) is 1. The molecule has 0 saturated carbocycles. The van der Waals surface area contributed by atoms with E-state index in [9.17, 15) is 14.7 Å². The Kier molecular flexibility index (Phi) is 3.61. The molecule has 1 aromatic heterocycles. The molecule has 0 aliphatic rings. The molecular formula is C13H11N2O4-. The molecule has 0 fully saturated rings. The van der Waals surface area contributed by atoms with Gasteiger partial charge in [0.2, 0.25) is 0 Å². The van der Waals surface area contributed by atoms with Crippen LogP contribution in [0.4, 0.5) is 0 Å². The van der Waals surface area contributed by atoms with Crippen LogP contribution in [0.3, 0.4) is 0 Å². The third kappa shape index (κ3) is 2.79. The fourth-order valence-corrected chi connectivity index (χ4v) is 1.74. The van der Waals surface area contributed by atoms with Crippen molar-refractivity contribution in [2.45, 2.75) is 5.92 Å². The summed E-state index contributed by atoms with van der Waals surface area (Å²) in [5.41, 5.74) is 0.320. The summed E-state index contributed by atoms with van der Waals surface area (Å²) in [4.78, 5) is 22.2. The zero-order chi connectivity index (χ0) is 13.8. The molecule has 19 heavy (non-hydrogen) atoms. The van der Waals surface area contributed by atoms with Gasteiger partial charge >= 0.3 is 0 Å². The summed E-state index contributed by atoms with van der Waals surface area (Å²) < 4.78 is 5.00. The molecule has 0 amide bonds. The Hall–Kier alpha value is -2.63. The number of aromatic nitrogens is 2. The number of benzene rings is 1. The molecule has 1 heterocycles. The number of carbonyl (C=O) groups is 1. The van der Waals surface area contributed by atoms with Crippen molar-refractivity contribution < 1.29 is 14.6 Å². The SMILES string of the molecule is COc1ccc([C@@H](C(=O)[O-])c2ccc(=O)[nH]n2)cc1. The lowest BCUT2D eigenvalue weighted by Gasteiger charge is -2.17. The first-order valence-electron chi connectivity index (χ1n) is 5.52. The Morgan fingerprint density at radius 2 is 1.95 bits per heavy atom. The molecule has 0 bridgehead atoms. The first kappa shape index (κ1) is 12.8. The molecule has 0 saturated heterocycles. The highest BCUT2D eigenvalue weighted by Gasteiger charge is 2.17. The second-order valence-electron chi connectivity index (χ2n) is 3.87. The zero-order valence-electron chi connectivity index (χ0n) is 10.1. The molecule has 0 radical (unpaired) electrons. The van der Waals surface area contributed by atoms with Crippen molar-refractivity contribution in [2.24, 2.45) is 0 Å². The monoisotopic (exact) mass is 259 g/mol. The van der Waals surface area contributed by atoms with Crippen LogP contribution >= 0.6 is 0 Å². The van der Waals surface area contributed by atoms with Gasteiger partial charge in [0.1, 0.15) is 5.75 Å².